The number of hydrogen-bond donors (Lipinski definition) is 0. The van der Waals surface area contributed by atoms with Crippen LogP contribution in [0.1, 0.15) is 11.5 Å². The Hall–Kier alpha value is -0.870. The third kappa shape index (κ3) is 1.89. The van der Waals surface area contributed by atoms with Gasteiger partial charge in [0.2, 0.25) is 0 Å². The molecule has 2 heterocycles. The van der Waals surface area contributed by atoms with Gasteiger partial charge in [-0.25, -0.2) is 9.97 Å². The summed E-state index contributed by atoms with van der Waals surface area (Å²) in [5.74, 6) is 0.990. The maximum absolute atomic E-state index is 5.72. The molecule has 0 atom stereocenters. The first kappa shape index (κ1) is 8.72. The van der Waals surface area contributed by atoms with Gasteiger partial charge in [-0.15, -0.1) is 11.3 Å². The van der Waals surface area contributed by atoms with E-state index in [-0.39, 0.29) is 0 Å². The lowest BCUT2D eigenvalue weighted by molar-refractivity contribution is 0.746. The molecule has 0 aliphatic carbocycles. The highest BCUT2D eigenvalue weighted by molar-refractivity contribution is 7.13. The van der Waals surface area contributed by atoms with Crippen molar-refractivity contribution in [1.82, 2.24) is 14.5 Å². The van der Waals surface area contributed by atoms with E-state index in [2.05, 4.69) is 9.97 Å². The predicted molar refractivity (Wildman–Crippen MR) is 53.2 cm³/mol. The molecule has 0 amide bonds. The van der Waals surface area contributed by atoms with Gasteiger partial charge < -0.3 is 4.57 Å². The lowest BCUT2D eigenvalue weighted by Crippen LogP contribution is -2.00. The van der Waals surface area contributed by atoms with Crippen LogP contribution in [0, 0.1) is 6.92 Å². The molecule has 0 spiro atoms. The van der Waals surface area contributed by atoms with Crippen LogP contribution in [0.25, 0.3) is 0 Å². The summed E-state index contributed by atoms with van der Waals surface area (Å²) in [7, 11) is 0. The highest BCUT2D eigenvalue weighted by Gasteiger charge is 2.02. The molecule has 0 radical (unpaired) electrons. The number of halogens is 1. The van der Waals surface area contributed by atoms with Crippen molar-refractivity contribution in [2.75, 3.05) is 0 Å². The van der Waals surface area contributed by atoms with Gasteiger partial charge in [-0.1, -0.05) is 11.6 Å². The van der Waals surface area contributed by atoms with Crippen molar-refractivity contribution >= 4 is 22.9 Å². The normalized spacial score (nSPS) is 10.6. The van der Waals surface area contributed by atoms with E-state index >= 15 is 0 Å². The zero-order chi connectivity index (χ0) is 9.26. The van der Waals surface area contributed by atoms with Gasteiger partial charge in [-0.2, -0.15) is 0 Å². The number of nitrogens with zero attached hydrogens (tertiary/aromatic N) is 3. The second-order valence-electron chi connectivity index (χ2n) is 2.69. The zero-order valence-electron chi connectivity index (χ0n) is 7.07. The highest BCUT2D eigenvalue weighted by Crippen LogP contribution is 2.15. The second kappa shape index (κ2) is 3.47. The summed E-state index contributed by atoms with van der Waals surface area (Å²) >= 11 is 7.18. The third-order valence-corrected chi connectivity index (χ3v) is 2.81. The van der Waals surface area contributed by atoms with Crippen molar-refractivity contribution in [3.63, 3.8) is 0 Å². The molecule has 2 aromatic rings. The van der Waals surface area contributed by atoms with Gasteiger partial charge >= 0.3 is 0 Å². The average molecular weight is 214 g/mol. The fraction of sp³-hybridized carbons (Fsp3) is 0.250. The Morgan fingerprint density at radius 1 is 1.62 bits per heavy atom. The zero-order valence-corrected chi connectivity index (χ0v) is 8.64. The fourth-order valence-electron chi connectivity index (χ4n) is 1.10. The number of aromatic nitrogens is 3. The van der Waals surface area contributed by atoms with E-state index in [0.29, 0.717) is 4.47 Å². The van der Waals surface area contributed by atoms with E-state index < -0.39 is 0 Å². The Bertz CT molecular complexity index is 407. The first-order chi connectivity index (χ1) is 6.25. The quantitative estimate of drug-likeness (QED) is 0.767. The summed E-state index contributed by atoms with van der Waals surface area (Å²) in [6, 6.07) is 0. The van der Waals surface area contributed by atoms with Crippen molar-refractivity contribution in [2.24, 2.45) is 0 Å². The van der Waals surface area contributed by atoms with E-state index in [0.717, 1.165) is 18.1 Å². The topological polar surface area (TPSA) is 30.7 Å². The molecule has 0 aromatic carbocycles. The summed E-state index contributed by atoms with van der Waals surface area (Å²) < 4.78 is 2.62. The van der Waals surface area contributed by atoms with E-state index in [1.807, 2.05) is 23.1 Å². The lowest BCUT2D eigenvalue weighted by Gasteiger charge is -2.00. The van der Waals surface area contributed by atoms with Crippen LogP contribution in [0.15, 0.2) is 17.8 Å². The maximum atomic E-state index is 5.72. The SMILES string of the molecule is Cc1nccn1Cc1csc(Cl)n1. The molecule has 0 bridgehead atoms. The molecule has 13 heavy (non-hydrogen) atoms. The van der Waals surface area contributed by atoms with Crippen molar-refractivity contribution in [2.45, 2.75) is 13.5 Å². The molecule has 68 valence electrons. The van der Waals surface area contributed by atoms with Crippen LogP contribution in [0.4, 0.5) is 0 Å². The molecule has 0 aliphatic rings. The Morgan fingerprint density at radius 3 is 3.00 bits per heavy atom. The first-order valence-corrected chi connectivity index (χ1v) is 5.09. The van der Waals surface area contributed by atoms with Gasteiger partial charge in [0.05, 0.1) is 12.2 Å². The second-order valence-corrected chi connectivity index (χ2v) is 4.13. The minimum absolute atomic E-state index is 0.591. The van der Waals surface area contributed by atoms with Gasteiger partial charge in [0.15, 0.2) is 4.47 Å². The summed E-state index contributed by atoms with van der Waals surface area (Å²) in [4.78, 5) is 8.29. The van der Waals surface area contributed by atoms with Gasteiger partial charge in [-0.3, -0.25) is 0 Å². The summed E-state index contributed by atoms with van der Waals surface area (Å²) in [6.45, 7) is 2.71. The molecule has 0 saturated carbocycles. The lowest BCUT2D eigenvalue weighted by atomic mass is 10.5. The van der Waals surface area contributed by atoms with Crippen molar-refractivity contribution in [3.8, 4) is 0 Å². The van der Waals surface area contributed by atoms with E-state index in [1.54, 1.807) is 6.20 Å². The van der Waals surface area contributed by atoms with Crippen LogP contribution in [0.3, 0.4) is 0 Å². The van der Waals surface area contributed by atoms with Gasteiger partial charge in [0, 0.05) is 17.8 Å². The number of imidazole rings is 1. The smallest absolute Gasteiger partial charge is 0.183 e. The van der Waals surface area contributed by atoms with Crippen LogP contribution >= 0.6 is 22.9 Å². The molecule has 5 heteroatoms. The number of rotatable bonds is 2. The Morgan fingerprint density at radius 2 is 2.46 bits per heavy atom. The van der Waals surface area contributed by atoms with Gasteiger partial charge in [-0.05, 0) is 6.92 Å². The molecule has 0 fully saturated rings. The van der Waals surface area contributed by atoms with Crippen LogP contribution < -0.4 is 0 Å². The number of thiazole rings is 1. The van der Waals surface area contributed by atoms with Crippen molar-refractivity contribution in [3.05, 3.63) is 33.8 Å². The summed E-state index contributed by atoms with van der Waals surface area (Å²) in [5.41, 5.74) is 0.983. The average Bonchev–Trinajstić information content (AvgIpc) is 2.64. The van der Waals surface area contributed by atoms with Crippen LogP contribution in [0.5, 0.6) is 0 Å². The molecule has 2 aromatic heterocycles. The number of hydrogen-bond acceptors (Lipinski definition) is 3. The van der Waals surface area contributed by atoms with Gasteiger partial charge in [0.25, 0.3) is 0 Å². The molecule has 2 rings (SSSR count). The van der Waals surface area contributed by atoms with E-state index in [1.165, 1.54) is 11.3 Å². The monoisotopic (exact) mass is 213 g/mol. The summed E-state index contributed by atoms with van der Waals surface area (Å²) in [6.07, 6.45) is 3.71. The Kier molecular flexibility index (Phi) is 2.33. The fourth-order valence-corrected chi connectivity index (χ4v) is 1.87. The van der Waals surface area contributed by atoms with Crippen LogP contribution in [-0.4, -0.2) is 14.5 Å². The van der Waals surface area contributed by atoms with Crippen LogP contribution in [0.2, 0.25) is 4.47 Å². The van der Waals surface area contributed by atoms with Crippen LogP contribution in [-0.2, 0) is 6.54 Å². The number of aryl methyl sites for hydroxylation is 1. The molecular formula is C8H8ClN3S. The summed E-state index contributed by atoms with van der Waals surface area (Å²) in [5, 5.41) is 1.96. The van der Waals surface area contributed by atoms with E-state index in [9.17, 15) is 0 Å². The van der Waals surface area contributed by atoms with Crippen molar-refractivity contribution in [1.29, 1.82) is 0 Å². The molecule has 0 aliphatic heterocycles. The standard InChI is InChI=1S/C8H8ClN3S/c1-6-10-2-3-12(6)4-7-5-13-8(9)11-7/h2-3,5H,4H2,1H3. The predicted octanol–water partition coefficient (Wildman–Crippen LogP) is 2.35. The first-order valence-electron chi connectivity index (χ1n) is 3.83. The van der Waals surface area contributed by atoms with Gasteiger partial charge in [0.1, 0.15) is 5.82 Å². The van der Waals surface area contributed by atoms with E-state index in [4.69, 9.17) is 11.6 Å². The minimum atomic E-state index is 0.591. The molecule has 0 unspecified atom stereocenters. The molecule has 0 N–H and O–H groups in total. The maximum Gasteiger partial charge on any atom is 0.183 e. The minimum Gasteiger partial charge on any atom is -0.329 e. The largest absolute Gasteiger partial charge is 0.329 e. The van der Waals surface area contributed by atoms with Crippen molar-refractivity contribution < 1.29 is 0 Å². The Labute approximate surface area is 85.0 Å². The molecule has 3 nitrogen and oxygen atoms in total. The molecule has 0 saturated heterocycles. The third-order valence-electron chi connectivity index (χ3n) is 1.78. The molecular weight excluding hydrogens is 206 g/mol. The Balaban J connectivity index is 2.19. The highest BCUT2D eigenvalue weighted by atomic mass is 35.5.